The largest absolute Gasteiger partial charge is 0.495 e. The fourth-order valence-corrected chi connectivity index (χ4v) is 4.33. The third-order valence-electron chi connectivity index (χ3n) is 4.31. The second-order valence-electron chi connectivity index (χ2n) is 6.30. The molecular formula is C17H26ClN3O5S. The Kier molecular flexibility index (Phi) is 7.72. The van der Waals surface area contributed by atoms with Gasteiger partial charge in [0.1, 0.15) is 11.8 Å². The maximum Gasteiger partial charge on any atom is 0.243 e. The second kappa shape index (κ2) is 9.59. The van der Waals surface area contributed by atoms with Crippen molar-refractivity contribution in [1.29, 1.82) is 0 Å². The monoisotopic (exact) mass is 419 g/mol. The first-order valence-corrected chi connectivity index (χ1v) is 10.9. The molecule has 1 aromatic carbocycles. The van der Waals surface area contributed by atoms with E-state index in [2.05, 4.69) is 10.2 Å². The summed E-state index contributed by atoms with van der Waals surface area (Å²) < 4.78 is 36.1. The number of halogens is 1. The molecule has 1 heterocycles. The number of methoxy groups -OCH3 is 1. The molecule has 0 spiro atoms. The number of sulfonamides is 1. The standard InChI is InChI=1S/C17H26ClN3O5S/c1-13(17(22)19-6-7-20-8-10-26-11-9-20)21(27(3,23)24)14-4-5-16(25-2)15(18)12-14/h4-5,12-13H,6-11H2,1-3H3,(H,19,22). The number of morpholine rings is 1. The Bertz CT molecular complexity index is 753. The van der Waals surface area contributed by atoms with Gasteiger partial charge in [-0.2, -0.15) is 0 Å². The summed E-state index contributed by atoms with van der Waals surface area (Å²) in [6, 6.07) is 3.68. The van der Waals surface area contributed by atoms with Gasteiger partial charge < -0.3 is 14.8 Å². The van der Waals surface area contributed by atoms with Crippen LogP contribution in [0, 0.1) is 0 Å². The Hall–Kier alpha value is -1.55. The molecule has 1 saturated heterocycles. The zero-order chi connectivity index (χ0) is 20.0. The molecule has 1 amide bonds. The maximum absolute atomic E-state index is 12.5. The number of carbonyl (C=O) groups is 1. The minimum absolute atomic E-state index is 0.267. The lowest BCUT2D eigenvalue weighted by molar-refractivity contribution is -0.121. The normalized spacial score (nSPS) is 16.6. The van der Waals surface area contributed by atoms with Crippen molar-refractivity contribution >= 4 is 33.2 Å². The number of anilines is 1. The maximum atomic E-state index is 12.5. The van der Waals surface area contributed by atoms with Crippen LogP contribution in [0.4, 0.5) is 5.69 Å². The smallest absolute Gasteiger partial charge is 0.243 e. The summed E-state index contributed by atoms with van der Waals surface area (Å²) in [5, 5.41) is 3.07. The molecule has 0 radical (unpaired) electrons. The van der Waals surface area contributed by atoms with E-state index >= 15 is 0 Å². The average molecular weight is 420 g/mol. The Morgan fingerprint density at radius 1 is 1.41 bits per heavy atom. The summed E-state index contributed by atoms with van der Waals surface area (Å²) in [5.74, 6) is 0.0529. The average Bonchev–Trinajstić information content (AvgIpc) is 2.61. The molecule has 152 valence electrons. The molecule has 1 atom stereocenters. The highest BCUT2D eigenvalue weighted by atomic mass is 35.5. The predicted molar refractivity (Wildman–Crippen MR) is 105 cm³/mol. The molecular weight excluding hydrogens is 394 g/mol. The molecule has 2 rings (SSSR count). The number of carbonyl (C=O) groups excluding carboxylic acids is 1. The zero-order valence-corrected chi connectivity index (χ0v) is 17.3. The van der Waals surface area contributed by atoms with E-state index in [1.54, 1.807) is 19.1 Å². The first-order valence-electron chi connectivity index (χ1n) is 8.65. The third-order valence-corrected chi connectivity index (χ3v) is 5.85. The van der Waals surface area contributed by atoms with E-state index in [4.69, 9.17) is 21.1 Å². The second-order valence-corrected chi connectivity index (χ2v) is 8.57. The summed E-state index contributed by atoms with van der Waals surface area (Å²) in [4.78, 5) is 14.7. The molecule has 1 N–H and O–H groups in total. The van der Waals surface area contributed by atoms with Crippen LogP contribution in [0.25, 0.3) is 0 Å². The SMILES string of the molecule is COc1ccc(N(C(C)C(=O)NCCN2CCOCC2)S(C)(=O)=O)cc1Cl. The molecule has 1 aliphatic heterocycles. The number of nitrogens with one attached hydrogen (secondary N) is 1. The van der Waals surface area contributed by atoms with E-state index in [9.17, 15) is 13.2 Å². The highest BCUT2D eigenvalue weighted by Gasteiger charge is 2.29. The predicted octanol–water partition coefficient (Wildman–Crippen LogP) is 0.952. The topological polar surface area (TPSA) is 88.2 Å². The lowest BCUT2D eigenvalue weighted by atomic mass is 10.2. The van der Waals surface area contributed by atoms with Crippen LogP contribution in [0.15, 0.2) is 18.2 Å². The molecule has 1 fully saturated rings. The highest BCUT2D eigenvalue weighted by molar-refractivity contribution is 7.92. The van der Waals surface area contributed by atoms with Crippen molar-refractivity contribution in [2.45, 2.75) is 13.0 Å². The van der Waals surface area contributed by atoms with E-state index in [-0.39, 0.29) is 10.9 Å². The summed E-state index contributed by atoms with van der Waals surface area (Å²) in [6.07, 6.45) is 1.06. The van der Waals surface area contributed by atoms with Crippen LogP contribution < -0.4 is 14.4 Å². The number of nitrogens with zero attached hydrogens (tertiary/aromatic N) is 2. The van der Waals surface area contributed by atoms with Crippen LogP contribution in [0.3, 0.4) is 0 Å². The van der Waals surface area contributed by atoms with Gasteiger partial charge in [-0.3, -0.25) is 14.0 Å². The molecule has 1 aliphatic rings. The van der Waals surface area contributed by atoms with E-state index in [1.165, 1.54) is 13.2 Å². The van der Waals surface area contributed by atoms with Crippen molar-refractivity contribution in [3.05, 3.63) is 23.2 Å². The van der Waals surface area contributed by atoms with Gasteiger partial charge in [-0.05, 0) is 25.1 Å². The fraction of sp³-hybridized carbons (Fsp3) is 0.588. The van der Waals surface area contributed by atoms with Crippen molar-refractivity contribution in [2.75, 3.05) is 57.1 Å². The minimum atomic E-state index is -3.70. The van der Waals surface area contributed by atoms with Gasteiger partial charge in [0, 0.05) is 26.2 Å². The lowest BCUT2D eigenvalue weighted by Gasteiger charge is -2.29. The number of hydrogen-bond acceptors (Lipinski definition) is 6. The number of ether oxygens (including phenoxy) is 2. The van der Waals surface area contributed by atoms with Crippen molar-refractivity contribution in [1.82, 2.24) is 10.2 Å². The van der Waals surface area contributed by atoms with Crippen LogP contribution >= 0.6 is 11.6 Å². The molecule has 1 aromatic rings. The molecule has 10 heteroatoms. The molecule has 0 aromatic heterocycles. The van der Waals surface area contributed by atoms with E-state index < -0.39 is 16.1 Å². The van der Waals surface area contributed by atoms with E-state index in [0.29, 0.717) is 37.7 Å². The number of benzene rings is 1. The van der Waals surface area contributed by atoms with Crippen LogP contribution in [-0.2, 0) is 19.6 Å². The quantitative estimate of drug-likeness (QED) is 0.675. The Morgan fingerprint density at radius 3 is 2.63 bits per heavy atom. The van der Waals surface area contributed by atoms with Crippen molar-refractivity contribution < 1.29 is 22.7 Å². The Labute approximate surface area is 165 Å². The van der Waals surface area contributed by atoms with Gasteiger partial charge in [0.05, 0.1) is 37.3 Å². The fourth-order valence-electron chi connectivity index (χ4n) is 2.91. The summed E-state index contributed by atoms with van der Waals surface area (Å²) in [7, 11) is -2.23. The van der Waals surface area contributed by atoms with E-state index in [1.807, 2.05) is 0 Å². The first kappa shape index (κ1) is 21.7. The highest BCUT2D eigenvalue weighted by Crippen LogP contribution is 2.31. The minimum Gasteiger partial charge on any atom is -0.495 e. The molecule has 0 bridgehead atoms. The summed E-state index contributed by atoms with van der Waals surface area (Å²) in [5.41, 5.74) is 0.305. The number of rotatable bonds is 8. The number of hydrogen-bond donors (Lipinski definition) is 1. The summed E-state index contributed by atoms with van der Waals surface area (Å²) in [6.45, 7) is 5.69. The first-order chi connectivity index (χ1) is 12.7. The Balaban J connectivity index is 2.06. The Morgan fingerprint density at radius 2 is 2.07 bits per heavy atom. The van der Waals surface area contributed by atoms with Gasteiger partial charge in [0.15, 0.2) is 0 Å². The van der Waals surface area contributed by atoms with Gasteiger partial charge in [0.2, 0.25) is 15.9 Å². The van der Waals surface area contributed by atoms with Crippen LogP contribution in [0.2, 0.25) is 5.02 Å². The number of amides is 1. The summed E-state index contributed by atoms with van der Waals surface area (Å²) >= 11 is 6.11. The molecule has 0 saturated carbocycles. The van der Waals surface area contributed by atoms with Gasteiger partial charge in [-0.15, -0.1) is 0 Å². The van der Waals surface area contributed by atoms with Crippen LogP contribution in [-0.4, -0.2) is 78.0 Å². The third kappa shape index (κ3) is 5.97. The van der Waals surface area contributed by atoms with Gasteiger partial charge in [0.25, 0.3) is 0 Å². The van der Waals surface area contributed by atoms with Crippen molar-refractivity contribution in [3.63, 3.8) is 0 Å². The van der Waals surface area contributed by atoms with Crippen molar-refractivity contribution in [3.8, 4) is 5.75 Å². The van der Waals surface area contributed by atoms with E-state index in [0.717, 1.165) is 23.7 Å². The van der Waals surface area contributed by atoms with Crippen LogP contribution in [0.5, 0.6) is 5.75 Å². The lowest BCUT2D eigenvalue weighted by Crippen LogP contribution is -2.49. The van der Waals surface area contributed by atoms with Gasteiger partial charge >= 0.3 is 0 Å². The molecule has 1 unspecified atom stereocenters. The van der Waals surface area contributed by atoms with Gasteiger partial charge in [-0.1, -0.05) is 11.6 Å². The van der Waals surface area contributed by atoms with Gasteiger partial charge in [-0.25, -0.2) is 8.42 Å². The zero-order valence-electron chi connectivity index (χ0n) is 15.8. The molecule has 8 nitrogen and oxygen atoms in total. The molecule has 27 heavy (non-hydrogen) atoms. The molecule has 0 aliphatic carbocycles. The van der Waals surface area contributed by atoms with Crippen LogP contribution in [0.1, 0.15) is 6.92 Å². The van der Waals surface area contributed by atoms with Crippen molar-refractivity contribution in [2.24, 2.45) is 0 Å².